The Morgan fingerprint density at radius 2 is 1.88 bits per heavy atom. The van der Waals surface area contributed by atoms with Gasteiger partial charge in [-0.1, -0.05) is 54.0 Å². The fourth-order valence-corrected chi connectivity index (χ4v) is 3.37. The van der Waals surface area contributed by atoms with Gasteiger partial charge in [0.05, 0.1) is 0 Å². The predicted molar refractivity (Wildman–Crippen MR) is 102 cm³/mol. The molecule has 5 nitrogen and oxygen atoms in total. The summed E-state index contributed by atoms with van der Waals surface area (Å²) in [7, 11) is 0. The Balaban J connectivity index is 1.49. The number of rotatable bonds is 7. The predicted octanol–water partition coefficient (Wildman–Crippen LogP) is 2.52. The summed E-state index contributed by atoms with van der Waals surface area (Å²) in [5.41, 5.74) is 7.12. The van der Waals surface area contributed by atoms with Crippen molar-refractivity contribution in [2.24, 2.45) is 10.9 Å². The van der Waals surface area contributed by atoms with Gasteiger partial charge in [-0.25, -0.2) is 0 Å². The molecule has 1 unspecified atom stereocenters. The van der Waals surface area contributed by atoms with Gasteiger partial charge in [0.15, 0.2) is 0 Å². The van der Waals surface area contributed by atoms with E-state index in [-0.39, 0.29) is 6.61 Å². The lowest BCUT2D eigenvalue weighted by molar-refractivity contribution is 0.0155. The Morgan fingerprint density at radius 1 is 1.12 bits per heavy atom. The van der Waals surface area contributed by atoms with Crippen LogP contribution in [0.5, 0.6) is 0 Å². The third-order valence-electron chi connectivity index (χ3n) is 4.62. The maximum atomic E-state index is 10.1. The van der Waals surface area contributed by atoms with Crippen molar-refractivity contribution >= 4 is 16.6 Å². The molecule has 0 bridgehead atoms. The maximum absolute atomic E-state index is 10.1. The van der Waals surface area contributed by atoms with Crippen LogP contribution in [-0.2, 0) is 11.3 Å². The van der Waals surface area contributed by atoms with E-state index in [1.807, 2.05) is 18.2 Å². The van der Waals surface area contributed by atoms with E-state index in [9.17, 15) is 5.11 Å². The Labute approximate surface area is 149 Å². The molecule has 5 heteroatoms. The van der Waals surface area contributed by atoms with E-state index in [1.165, 1.54) is 30.0 Å². The summed E-state index contributed by atoms with van der Waals surface area (Å²) < 4.78 is 0. The minimum Gasteiger partial charge on any atom is -0.392 e. The van der Waals surface area contributed by atoms with E-state index in [2.05, 4.69) is 34.3 Å². The van der Waals surface area contributed by atoms with Crippen molar-refractivity contribution in [1.82, 2.24) is 4.90 Å². The molecule has 1 atom stereocenters. The minimum absolute atomic E-state index is 0.173. The average molecular weight is 341 g/mol. The lowest BCUT2D eigenvalue weighted by Gasteiger charge is -2.27. The van der Waals surface area contributed by atoms with Crippen molar-refractivity contribution in [3.63, 3.8) is 0 Å². The van der Waals surface area contributed by atoms with Crippen molar-refractivity contribution in [1.29, 1.82) is 0 Å². The smallest absolute Gasteiger partial charge is 0.144 e. The van der Waals surface area contributed by atoms with Crippen molar-refractivity contribution in [2.45, 2.75) is 31.8 Å². The molecule has 1 saturated heterocycles. The van der Waals surface area contributed by atoms with Gasteiger partial charge in [0.2, 0.25) is 0 Å². The fraction of sp³-hybridized carbons (Fsp3) is 0.450. The standard InChI is InChI=1S/C20H27N3O2/c21-20(13-17-9-6-8-16-7-2-3-10-19(16)17)22-25-15-18(24)14-23-11-4-1-5-12-23/h2-3,6-10,18,24H,1,4-5,11-15H2,(H2,21,22). The quantitative estimate of drug-likeness (QED) is 0.461. The number of aliphatic hydroxyl groups excluding tert-OH is 1. The number of β-amino-alcohol motifs (C(OH)–C–C–N with tert-alkyl or cyclic N) is 1. The Kier molecular flexibility index (Phi) is 6.25. The van der Waals surface area contributed by atoms with E-state index in [0.29, 0.717) is 18.8 Å². The van der Waals surface area contributed by atoms with Crippen molar-refractivity contribution in [3.05, 3.63) is 48.0 Å². The molecule has 25 heavy (non-hydrogen) atoms. The molecule has 1 aliphatic heterocycles. The van der Waals surface area contributed by atoms with Crippen LogP contribution in [0.25, 0.3) is 10.8 Å². The van der Waals surface area contributed by atoms with E-state index >= 15 is 0 Å². The van der Waals surface area contributed by atoms with Gasteiger partial charge in [-0.05, 0) is 42.3 Å². The summed E-state index contributed by atoms with van der Waals surface area (Å²) >= 11 is 0. The molecule has 0 saturated carbocycles. The summed E-state index contributed by atoms with van der Waals surface area (Å²) in [6.07, 6.45) is 3.71. The van der Waals surface area contributed by atoms with Gasteiger partial charge in [-0.2, -0.15) is 0 Å². The zero-order chi connectivity index (χ0) is 17.5. The van der Waals surface area contributed by atoms with Gasteiger partial charge in [0.25, 0.3) is 0 Å². The highest BCUT2D eigenvalue weighted by atomic mass is 16.6. The highest BCUT2D eigenvalue weighted by molar-refractivity contribution is 5.91. The largest absolute Gasteiger partial charge is 0.392 e. The number of hydrogen-bond acceptors (Lipinski definition) is 4. The molecular weight excluding hydrogens is 314 g/mol. The van der Waals surface area contributed by atoms with Gasteiger partial charge in [0, 0.05) is 13.0 Å². The SMILES string of the molecule is NC(Cc1cccc2ccccc12)=NOCC(O)CN1CCCCC1. The fourth-order valence-electron chi connectivity index (χ4n) is 3.37. The highest BCUT2D eigenvalue weighted by Gasteiger charge is 2.15. The third-order valence-corrected chi connectivity index (χ3v) is 4.62. The summed E-state index contributed by atoms with van der Waals surface area (Å²) in [5.74, 6) is 0.418. The summed E-state index contributed by atoms with van der Waals surface area (Å²) in [4.78, 5) is 7.55. The van der Waals surface area contributed by atoms with Crippen molar-refractivity contribution in [2.75, 3.05) is 26.2 Å². The van der Waals surface area contributed by atoms with E-state index in [4.69, 9.17) is 10.6 Å². The second kappa shape index (κ2) is 8.83. The first-order valence-electron chi connectivity index (χ1n) is 9.04. The van der Waals surface area contributed by atoms with E-state index in [0.717, 1.165) is 18.7 Å². The van der Waals surface area contributed by atoms with E-state index < -0.39 is 6.10 Å². The maximum Gasteiger partial charge on any atom is 0.144 e. The van der Waals surface area contributed by atoms with Crippen LogP contribution in [0, 0.1) is 0 Å². The van der Waals surface area contributed by atoms with Gasteiger partial charge >= 0.3 is 0 Å². The van der Waals surface area contributed by atoms with Crippen molar-refractivity contribution < 1.29 is 9.94 Å². The zero-order valence-corrected chi connectivity index (χ0v) is 14.6. The first-order chi connectivity index (χ1) is 12.2. The number of benzene rings is 2. The Morgan fingerprint density at radius 3 is 2.72 bits per heavy atom. The number of amidine groups is 1. The molecule has 1 heterocycles. The van der Waals surface area contributed by atoms with Gasteiger partial charge in [-0.15, -0.1) is 0 Å². The van der Waals surface area contributed by atoms with Crippen molar-refractivity contribution in [3.8, 4) is 0 Å². The minimum atomic E-state index is -0.535. The molecule has 0 spiro atoms. The van der Waals surface area contributed by atoms with Gasteiger partial charge in [-0.3, -0.25) is 0 Å². The molecule has 3 N–H and O–H groups in total. The van der Waals surface area contributed by atoms with Crippen LogP contribution in [0.15, 0.2) is 47.6 Å². The van der Waals surface area contributed by atoms with Crippen LogP contribution in [0.3, 0.4) is 0 Å². The number of piperidine rings is 1. The third kappa shape index (κ3) is 5.18. The molecule has 3 rings (SSSR count). The molecule has 134 valence electrons. The number of hydrogen-bond donors (Lipinski definition) is 2. The summed E-state index contributed by atoms with van der Waals surface area (Å²) in [6, 6.07) is 14.4. The zero-order valence-electron chi connectivity index (χ0n) is 14.6. The second-order valence-electron chi connectivity index (χ2n) is 6.71. The second-order valence-corrected chi connectivity index (χ2v) is 6.71. The first kappa shape index (κ1) is 17.7. The number of oxime groups is 1. The lowest BCUT2D eigenvalue weighted by Crippen LogP contribution is -2.38. The Hall–Kier alpha value is -2.11. The van der Waals surface area contributed by atoms with Crippen LogP contribution < -0.4 is 5.73 Å². The summed E-state index contributed by atoms with van der Waals surface area (Å²) in [6.45, 7) is 2.93. The van der Waals surface area contributed by atoms with E-state index in [1.54, 1.807) is 0 Å². The monoisotopic (exact) mass is 341 g/mol. The number of nitrogens with zero attached hydrogens (tertiary/aromatic N) is 2. The van der Waals surface area contributed by atoms with Crippen LogP contribution in [0.4, 0.5) is 0 Å². The van der Waals surface area contributed by atoms with Gasteiger partial charge in [0.1, 0.15) is 18.5 Å². The molecule has 0 radical (unpaired) electrons. The molecule has 0 aromatic heterocycles. The topological polar surface area (TPSA) is 71.1 Å². The highest BCUT2D eigenvalue weighted by Crippen LogP contribution is 2.18. The first-order valence-corrected chi connectivity index (χ1v) is 9.04. The Bertz CT molecular complexity index is 706. The summed E-state index contributed by atoms with van der Waals surface area (Å²) in [5, 5.41) is 16.4. The molecule has 1 fully saturated rings. The van der Waals surface area contributed by atoms with Crippen LogP contribution in [-0.4, -0.2) is 48.2 Å². The van der Waals surface area contributed by atoms with Gasteiger partial charge < -0.3 is 20.6 Å². The number of aliphatic hydroxyl groups is 1. The average Bonchev–Trinajstić information content (AvgIpc) is 2.63. The number of fused-ring (bicyclic) bond motifs is 1. The molecule has 0 aliphatic carbocycles. The van der Waals surface area contributed by atoms with Crippen LogP contribution >= 0.6 is 0 Å². The molecule has 2 aromatic carbocycles. The molecule has 1 aliphatic rings. The van der Waals surface area contributed by atoms with Crippen LogP contribution in [0.1, 0.15) is 24.8 Å². The van der Waals surface area contributed by atoms with Crippen LogP contribution in [0.2, 0.25) is 0 Å². The number of nitrogens with two attached hydrogens (primary N) is 1. The normalized spacial score (nSPS) is 17.6. The number of likely N-dealkylation sites (tertiary alicyclic amines) is 1. The molecule has 0 amide bonds. The molecule has 2 aromatic rings. The molecular formula is C20H27N3O2. The lowest BCUT2D eigenvalue weighted by atomic mass is 10.0.